The molecule has 0 aromatic heterocycles. The average molecular weight is 129 g/mol. The van der Waals surface area contributed by atoms with Crippen LogP contribution in [0.2, 0.25) is 0 Å². The van der Waals surface area contributed by atoms with Crippen LogP contribution in [0.4, 0.5) is 0 Å². The topological polar surface area (TPSA) is 21.3 Å². The van der Waals surface area contributed by atoms with Gasteiger partial charge < -0.3 is 10.1 Å². The second-order valence-corrected chi connectivity index (χ2v) is 2.74. The Balaban J connectivity index is 2.28. The molecular formula is C7H15NO. The fourth-order valence-corrected chi connectivity index (χ4v) is 1.28. The number of ether oxygens (including phenoxy) is 1. The molecule has 1 heterocycles. The number of hydrogen-bond acceptors (Lipinski definition) is 2. The van der Waals surface area contributed by atoms with Crippen molar-refractivity contribution in [1.82, 2.24) is 5.32 Å². The smallest absolute Gasteiger partial charge is 0.0644 e. The van der Waals surface area contributed by atoms with E-state index in [-0.39, 0.29) is 0 Å². The molecule has 1 atom stereocenters. The van der Waals surface area contributed by atoms with Gasteiger partial charge in [-0.05, 0) is 19.4 Å². The summed E-state index contributed by atoms with van der Waals surface area (Å²) in [6, 6.07) is 0. The summed E-state index contributed by atoms with van der Waals surface area (Å²) in [5, 5.41) is 3.38. The van der Waals surface area contributed by atoms with Gasteiger partial charge in [0.1, 0.15) is 0 Å². The standard InChI is InChI=1S/C7H15NO/c1-3-7(6-9-2)4-5-8-7/h8H,3-6H2,1-2H3. The molecular weight excluding hydrogens is 114 g/mol. The Morgan fingerprint density at radius 1 is 1.67 bits per heavy atom. The number of rotatable bonds is 3. The molecule has 1 aliphatic heterocycles. The van der Waals surface area contributed by atoms with E-state index in [9.17, 15) is 0 Å². The first-order chi connectivity index (χ1) is 4.33. The molecule has 1 N–H and O–H groups in total. The van der Waals surface area contributed by atoms with Crippen molar-refractivity contribution in [2.45, 2.75) is 25.3 Å². The highest BCUT2D eigenvalue weighted by atomic mass is 16.5. The molecule has 0 bridgehead atoms. The van der Waals surface area contributed by atoms with Crippen molar-refractivity contribution in [2.24, 2.45) is 0 Å². The highest BCUT2D eigenvalue weighted by Gasteiger charge is 2.33. The maximum Gasteiger partial charge on any atom is 0.0644 e. The van der Waals surface area contributed by atoms with Gasteiger partial charge in [0.2, 0.25) is 0 Å². The van der Waals surface area contributed by atoms with Crippen molar-refractivity contribution >= 4 is 0 Å². The summed E-state index contributed by atoms with van der Waals surface area (Å²) in [5.41, 5.74) is 0.342. The molecule has 1 fully saturated rings. The number of methoxy groups -OCH3 is 1. The highest BCUT2D eigenvalue weighted by Crippen LogP contribution is 2.22. The van der Waals surface area contributed by atoms with Gasteiger partial charge in [0.15, 0.2) is 0 Å². The van der Waals surface area contributed by atoms with Gasteiger partial charge in [0, 0.05) is 12.6 Å². The minimum atomic E-state index is 0.342. The van der Waals surface area contributed by atoms with E-state index >= 15 is 0 Å². The first-order valence-electron chi connectivity index (χ1n) is 3.57. The van der Waals surface area contributed by atoms with Gasteiger partial charge in [-0.15, -0.1) is 0 Å². The molecule has 1 rings (SSSR count). The zero-order valence-corrected chi connectivity index (χ0v) is 6.24. The van der Waals surface area contributed by atoms with E-state index in [1.54, 1.807) is 7.11 Å². The molecule has 0 aromatic carbocycles. The third kappa shape index (κ3) is 1.25. The molecule has 0 spiro atoms. The molecule has 0 radical (unpaired) electrons. The van der Waals surface area contributed by atoms with Crippen molar-refractivity contribution in [3.63, 3.8) is 0 Å². The van der Waals surface area contributed by atoms with Crippen LogP contribution in [0.5, 0.6) is 0 Å². The Morgan fingerprint density at radius 3 is 2.44 bits per heavy atom. The van der Waals surface area contributed by atoms with Crippen LogP contribution in [-0.2, 0) is 4.74 Å². The Kier molecular flexibility index (Phi) is 2.09. The van der Waals surface area contributed by atoms with Crippen LogP contribution in [0.1, 0.15) is 19.8 Å². The summed E-state index contributed by atoms with van der Waals surface area (Å²) in [4.78, 5) is 0. The van der Waals surface area contributed by atoms with Gasteiger partial charge in [0.25, 0.3) is 0 Å². The lowest BCUT2D eigenvalue weighted by molar-refractivity contribution is 0.0623. The third-order valence-electron chi connectivity index (χ3n) is 2.20. The van der Waals surface area contributed by atoms with Crippen molar-refractivity contribution in [1.29, 1.82) is 0 Å². The molecule has 54 valence electrons. The van der Waals surface area contributed by atoms with E-state index < -0.39 is 0 Å². The fourth-order valence-electron chi connectivity index (χ4n) is 1.28. The molecule has 1 aliphatic rings. The summed E-state index contributed by atoms with van der Waals surface area (Å²) in [5.74, 6) is 0. The second kappa shape index (κ2) is 2.67. The first-order valence-corrected chi connectivity index (χ1v) is 3.57. The largest absolute Gasteiger partial charge is 0.383 e. The predicted octanol–water partition coefficient (Wildman–Crippen LogP) is 0.775. The quantitative estimate of drug-likeness (QED) is 0.608. The van der Waals surface area contributed by atoms with Crippen molar-refractivity contribution in [3.05, 3.63) is 0 Å². The summed E-state index contributed by atoms with van der Waals surface area (Å²) in [7, 11) is 1.76. The fraction of sp³-hybridized carbons (Fsp3) is 1.00. The van der Waals surface area contributed by atoms with Crippen LogP contribution >= 0.6 is 0 Å². The van der Waals surface area contributed by atoms with E-state index in [1.807, 2.05) is 0 Å². The zero-order valence-electron chi connectivity index (χ0n) is 6.24. The van der Waals surface area contributed by atoms with Crippen LogP contribution in [0.25, 0.3) is 0 Å². The lowest BCUT2D eigenvalue weighted by atomic mass is 9.86. The predicted molar refractivity (Wildman–Crippen MR) is 37.5 cm³/mol. The Hall–Kier alpha value is -0.0800. The minimum Gasteiger partial charge on any atom is -0.383 e. The lowest BCUT2D eigenvalue weighted by Crippen LogP contribution is -2.59. The van der Waals surface area contributed by atoms with Gasteiger partial charge >= 0.3 is 0 Å². The molecule has 2 nitrogen and oxygen atoms in total. The first kappa shape index (κ1) is 7.03. The number of hydrogen-bond donors (Lipinski definition) is 1. The van der Waals surface area contributed by atoms with Crippen LogP contribution in [0.15, 0.2) is 0 Å². The summed E-state index contributed by atoms with van der Waals surface area (Å²) in [6.45, 7) is 4.23. The van der Waals surface area contributed by atoms with Gasteiger partial charge in [-0.2, -0.15) is 0 Å². The monoisotopic (exact) mass is 129 g/mol. The summed E-state index contributed by atoms with van der Waals surface area (Å²) < 4.78 is 5.08. The summed E-state index contributed by atoms with van der Waals surface area (Å²) >= 11 is 0. The Bertz CT molecular complexity index is 83.4. The van der Waals surface area contributed by atoms with Gasteiger partial charge in [-0.1, -0.05) is 6.92 Å². The summed E-state index contributed by atoms with van der Waals surface area (Å²) in [6.07, 6.45) is 2.46. The van der Waals surface area contributed by atoms with Crippen LogP contribution in [-0.4, -0.2) is 25.8 Å². The van der Waals surface area contributed by atoms with Gasteiger partial charge in [-0.25, -0.2) is 0 Å². The van der Waals surface area contributed by atoms with E-state index in [1.165, 1.54) is 12.8 Å². The van der Waals surface area contributed by atoms with E-state index in [0.29, 0.717) is 5.54 Å². The Labute approximate surface area is 56.6 Å². The molecule has 0 amide bonds. The van der Waals surface area contributed by atoms with E-state index in [4.69, 9.17) is 4.74 Å². The molecule has 9 heavy (non-hydrogen) atoms. The van der Waals surface area contributed by atoms with Crippen LogP contribution in [0, 0.1) is 0 Å². The molecule has 0 aromatic rings. The van der Waals surface area contributed by atoms with Crippen LogP contribution in [0.3, 0.4) is 0 Å². The lowest BCUT2D eigenvalue weighted by Gasteiger charge is -2.42. The van der Waals surface area contributed by atoms with Gasteiger partial charge in [-0.3, -0.25) is 0 Å². The molecule has 1 unspecified atom stereocenters. The normalized spacial score (nSPS) is 34.0. The minimum absolute atomic E-state index is 0.342. The van der Waals surface area contributed by atoms with Crippen LogP contribution < -0.4 is 5.32 Å². The zero-order chi connectivity index (χ0) is 6.74. The number of nitrogens with one attached hydrogen (secondary N) is 1. The third-order valence-corrected chi connectivity index (χ3v) is 2.20. The molecule has 2 heteroatoms. The van der Waals surface area contributed by atoms with Crippen molar-refractivity contribution in [3.8, 4) is 0 Å². The molecule has 0 saturated carbocycles. The van der Waals surface area contributed by atoms with E-state index in [0.717, 1.165) is 13.2 Å². The van der Waals surface area contributed by atoms with E-state index in [2.05, 4.69) is 12.2 Å². The maximum absolute atomic E-state index is 5.08. The van der Waals surface area contributed by atoms with Crippen molar-refractivity contribution in [2.75, 3.05) is 20.3 Å². The SMILES string of the molecule is CCC1(COC)CCN1. The maximum atomic E-state index is 5.08. The second-order valence-electron chi connectivity index (χ2n) is 2.74. The van der Waals surface area contributed by atoms with Gasteiger partial charge in [0.05, 0.1) is 6.61 Å². The average Bonchev–Trinajstić information content (AvgIpc) is 1.79. The van der Waals surface area contributed by atoms with Crippen molar-refractivity contribution < 1.29 is 4.74 Å². The Morgan fingerprint density at radius 2 is 2.33 bits per heavy atom. The molecule has 1 saturated heterocycles. The highest BCUT2D eigenvalue weighted by molar-refractivity contribution is 4.95. The molecule has 0 aliphatic carbocycles.